The van der Waals surface area contributed by atoms with Crippen molar-refractivity contribution in [1.82, 2.24) is 0 Å². The van der Waals surface area contributed by atoms with Crippen LogP contribution >= 0.6 is 0 Å². The van der Waals surface area contributed by atoms with Crippen LogP contribution in [0.15, 0.2) is 0 Å². The van der Waals surface area contributed by atoms with Crippen molar-refractivity contribution in [1.29, 1.82) is 0 Å². The molecule has 0 aliphatic heterocycles. The van der Waals surface area contributed by atoms with Crippen LogP contribution in [0, 0.1) is 0 Å². The Morgan fingerprint density at radius 2 is 1.35 bits per heavy atom. The summed E-state index contributed by atoms with van der Waals surface area (Å²) in [6.07, 6.45) is -4.43. The van der Waals surface area contributed by atoms with Crippen LogP contribution in [0.2, 0.25) is 0 Å². The van der Waals surface area contributed by atoms with Crippen LogP contribution in [-0.2, 0) is 32.3 Å². The predicted molar refractivity (Wildman–Crippen MR) is 53.3 cm³/mol. The third-order valence-electron chi connectivity index (χ3n) is 1.48. The van der Waals surface area contributed by atoms with Crippen molar-refractivity contribution in [3.05, 3.63) is 0 Å². The molecule has 0 aliphatic rings. The van der Waals surface area contributed by atoms with Gasteiger partial charge in [0, 0.05) is 0 Å². The van der Waals surface area contributed by atoms with Gasteiger partial charge in [0.25, 0.3) is 0 Å². The number of aliphatic hydroxyl groups excluding tert-OH is 4. The molecule has 10 nitrogen and oxygen atoms in total. The summed E-state index contributed by atoms with van der Waals surface area (Å²) >= 11 is 0. The van der Waals surface area contributed by atoms with E-state index in [4.69, 9.17) is 43.7 Å². The summed E-state index contributed by atoms with van der Waals surface area (Å²) in [6, 6.07) is -1.26. The molecule has 0 fully saturated rings. The zero-order valence-electron chi connectivity index (χ0n) is 9.62. The van der Waals surface area contributed by atoms with E-state index in [9.17, 15) is 4.79 Å². The van der Waals surface area contributed by atoms with Crippen molar-refractivity contribution in [3.63, 3.8) is 0 Å². The Morgan fingerprint density at radius 3 is 1.55 bits per heavy atom. The minimum Gasteiger partial charge on any atom is -1.00 e. The maximum atomic E-state index is 10.0. The molecule has 0 aliphatic carbocycles. The van der Waals surface area contributed by atoms with Gasteiger partial charge in [-0.15, -0.1) is 0 Å². The molecule has 0 saturated carbocycles. The van der Waals surface area contributed by atoms with Crippen LogP contribution in [0.5, 0.6) is 0 Å². The molecule has 0 aromatic heterocycles. The molecule has 125 valence electrons. The fourth-order valence-electron chi connectivity index (χ4n) is 0.644. The Morgan fingerprint density at radius 1 is 1.05 bits per heavy atom. The van der Waals surface area contributed by atoms with Gasteiger partial charge in [0.15, 0.2) is 0 Å². The van der Waals surface area contributed by atoms with Crippen LogP contribution in [0.25, 0.3) is 0 Å². The molecule has 1 radical (unpaired) electrons. The van der Waals surface area contributed by atoms with E-state index in [1.807, 2.05) is 0 Å². The topological polar surface area (TPSA) is 199 Å². The average Bonchev–Trinajstić information content (AvgIpc) is 2.22. The molecular weight excluding hydrogens is 388 g/mol. The molecule has 0 amide bonds. The number of hydrogen-bond acceptors (Lipinski definition) is 8. The Hall–Kier alpha value is 0.439. The standard InChI is InChI=1S/C6H13NO5.2ClH.Mn.H2O4S/c7-3(1-8)5(11)6(12)4(10)2-9;;;;1-5(2,3)4/h1,3-6,9-12H,2,7H2;2*1H;;(H2,1,2,3,4)/q;;;+2;/p-2/t3-,4+,5+,6+;;;;/m0..../s1. The normalized spacial score (nSPS) is 15.6. The molecule has 0 aromatic carbocycles. The fraction of sp³-hybridized carbons (Fsp3) is 0.833. The molecule has 0 bridgehead atoms. The first-order valence-electron chi connectivity index (χ1n) is 4.10. The van der Waals surface area contributed by atoms with E-state index < -0.39 is 41.4 Å². The maximum absolute atomic E-state index is 10.0. The van der Waals surface area contributed by atoms with E-state index in [0.717, 1.165) is 0 Å². The minimum atomic E-state index is -4.67. The van der Waals surface area contributed by atoms with E-state index in [-0.39, 0.29) is 48.2 Å². The second-order valence-corrected chi connectivity index (χ2v) is 3.79. The first-order chi connectivity index (χ1) is 7.54. The number of aliphatic hydroxyl groups is 4. The molecule has 0 spiro atoms. The number of nitrogens with two attached hydrogens (primary N) is 1. The summed E-state index contributed by atoms with van der Waals surface area (Å²) < 4.78 is 31.6. The number of carbonyl (C=O) groups is 1. The Kier molecular flexibility index (Phi) is 25.6. The number of aldehydes is 1. The molecule has 0 heterocycles. The number of hydrogen-bond donors (Lipinski definition) is 7. The first-order valence-corrected chi connectivity index (χ1v) is 5.50. The van der Waals surface area contributed by atoms with E-state index in [1.54, 1.807) is 0 Å². The molecule has 0 aromatic rings. The van der Waals surface area contributed by atoms with Crippen molar-refractivity contribution >= 4 is 16.7 Å². The zero-order valence-corrected chi connectivity index (χ0v) is 13.1. The minimum absolute atomic E-state index is 0. The van der Waals surface area contributed by atoms with Crippen LogP contribution < -0.4 is 30.5 Å². The average molecular weight is 403 g/mol. The van der Waals surface area contributed by atoms with Crippen LogP contribution in [0.1, 0.15) is 0 Å². The third kappa shape index (κ3) is 20.8. The molecule has 14 heteroatoms. The molecule has 0 rings (SSSR count). The van der Waals surface area contributed by atoms with Gasteiger partial charge < -0.3 is 55.8 Å². The van der Waals surface area contributed by atoms with E-state index in [2.05, 4.69) is 0 Å². The SMILES string of the molecule is N[C@@H](C=O)[C@@H](O)[C@H](O)[C@H](O)CO.O=S(=O)(O)O.[Cl-].[Cl-].[Mn+2]. The molecule has 4 atom stereocenters. The summed E-state index contributed by atoms with van der Waals surface area (Å²) in [5.41, 5.74) is 5.04. The van der Waals surface area contributed by atoms with Crippen molar-refractivity contribution in [3.8, 4) is 0 Å². The Labute approximate surface area is 138 Å². The van der Waals surface area contributed by atoms with Gasteiger partial charge in [-0.1, -0.05) is 0 Å². The molecular formula is C6H15Cl2MnNO9S. The Balaban J connectivity index is -0.0000000821. The summed E-state index contributed by atoms with van der Waals surface area (Å²) in [5, 5.41) is 35.2. The third-order valence-corrected chi connectivity index (χ3v) is 1.48. The largest absolute Gasteiger partial charge is 2.00 e. The van der Waals surface area contributed by atoms with E-state index in [0.29, 0.717) is 0 Å². The van der Waals surface area contributed by atoms with Crippen LogP contribution in [-0.4, -0.2) is 75.2 Å². The molecule has 20 heavy (non-hydrogen) atoms. The summed E-state index contributed by atoms with van der Waals surface area (Å²) in [5.74, 6) is 0. The van der Waals surface area contributed by atoms with Gasteiger partial charge in [0.1, 0.15) is 24.6 Å². The van der Waals surface area contributed by atoms with Crippen molar-refractivity contribution in [2.75, 3.05) is 6.61 Å². The van der Waals surface area contributed by atoms with Gasteiger partial charge >= 0.3 is 27.5 Å². The first kappa shape index (κ1) is 32.4. The van der Waals surface area contributed by atoms with Crippen molar-refractivity contribution in [2.24, 2.45) is 5.73 Å². The number of halogens is 2. The van der Waals surface area contributed by atoms with Gasteiger partial charge in [-0.25, -0.2) is 0 Å². The molecule has 8 N–H and O–H groups in total. The molecule has 0 unspecified atom stereocenters. The summed E-state index contributed by atoms with van der Waals surface area (Å²) in [7, 11) is -4.67. The van der Waals surface area contributed by atoms with E-state index in [1.165, 1.54) is 0 Å². The summed E-state index contributed by atoms with van der Waals surface area (Å²) in [4.78, 5) is 10.0. The number of carbonyl (C=O) groups excluding carboxylic acids is 1. The van der Waals surface area contributed by atoms with Crippen LogP contribution in [0.3, 0.4) is 0 Å². The van der Waals surface area contributed by atoms with Crippen molar-refractivity contribution < 1.29 is 84.6 Å². The molecule has 0 saturated heterocycles. The second-order valence-electron chi connectivity index (χ2n) is 2.89. The van der Waals surface area contributed by atoms with Gasteiger partial charge in [-0.2, -0.15) is 8.42 Å². The van der Waals surface area contributed by atoms with Gasteiger partial charge in [0.2, 0.25) is 0 Å². The van der Waals surface area contributed by atoms with Gasteiger partial charge in [-0.3, -0.25) is 9.11 Å². The fourth-order valence-corrected chi connectivity index (χ4v) is 0.644. The number of rotatable bonds is 5. The smallest absolute Gasteiger partial charge is 1.00 e. The van der Waals surface area contributed by atoms with Gasteiger partial charge in [-0.05, 0) is 0 Å². The maximum Gasteiger partial charge on any atom is 2.00 e. The predicted octanol–water partition coefficient (Wildman–Crippen LogP) is -10.1. The summed E-state index contributed by atoms with van der Waals surface area (Å²) in [6.45, 7) is -0.705. The van der Waals surface area contributed by atoms with E-state index >= 15 is 0 Å². The second kappa shape index (κ2) is 15.8. The Bertz CT molecular complexity index is 312. The monoisotopic (exact) mass is 402 g/mol. The zero-order chi connectivity index (χ0) is 14.2. The van der Waals surface area contributed by atoms with Crippen LogP contribution in [0.4, 0.5) is 0 Å². The quantitative estimate of drug-likeness (QED) is 0.131. The van der Waals surface area contributed by atoms with Gasteiger partial charge in [0.05, 0.1) is 12.6 Å². The van der Waals surface area contributed by atoms with Crippen molar-refractivity contribution in [2.45, 2.75) is 24.4 Å².